The van der Waals surface area contributed by atoms with Crippen LogP contribution in [0.15, 0.2) is 34.8 Å². The summed E-state index contributed by atoms with van der Waals surface area (Å²) in [6.07, 6.45) is 5.15. The Hall–Kier alpha value is -0.800. The van der Waals surface area contributed by atoms with E-state index in [1.54, 1.807) is 0 Å². The summed E-state index contributed by atoms with van der Waals surface area (Å²) in [6, 6.07) is 10.3. The zero-order chi connectivity index (χ0) is 13.2. The number of nitrogens with zero attached hydrogens (tertiary/aromatic N) is 2. The van der Waals surface area contributed by atoms with Gasteiger partial charge in [-0.15, -0.1) is 0 Å². The maximum Gasteiger partial charge on any atom is 0.127 e. The van der Waals surface area contributed by atoms with Crippen LogP contribution in [0, 0.1) is 0 Å². The molecule has 0 aliphatic heterocycles. The lowest BCUT2D eigenvalue weighted by Gasteiger charge is -2.05. The normalized spacial score (nSPS) is 16.1. The first-order valence-corrected chi connectivity index (χ1v) is 7.87. The SMILES string of the molecule is Clc1cc(C2CCCC2)nn1Cc1ccc(Br)cc1. The van der Waals surface area contributed by atoms with E-state index in [9.17, 15) is 0 Å². The third-order valence-corrected chi connectivity index (χ3v) is 4.60. The van der Waals surface area contributed by atoms with Crippen molar-refractivity contribution in [1.29, 1.82) is 0 Å². The highest BCUT2D eigenvalue weighted by Crippen LogP contribution is 2.34. The second-order valence-electron chi connectivity index (χ2n) is 5.16. The fourth-order valence-corrected chi connectivity index (χ4v) is 3.18. The van der Waals surface area contributed by atoms with Crippen molar-refractivity contribution in [2.24, 2.45) is 0 Å². The van der Waals surface area contributed by atoms with Gasteiger partial charge >= 0.3 is 0 Å². The number of aromatic nitrogens is 2. The lowest BCUT2D eigenvalue weighted by atomic mass is 10.1. The molecule has 0 radical (unpaired) electrons. The molecule has 1 aliphatic rings. The zero-order valence-corrected chi connectivity index (χ0v) is 13.0. The number of halogens is 2. The number of hydrogen-bond donors (Lipinski definition) is 0. The molecule has 1 aliphatic carbocycles. The fraction of sp³-hybridized carbons (Fsp3) is 0.400. The van der Waals surface area contributed by atoms with Crippen LogP contribution < -0.4 is 0 Å². The standard InChI is InChI=1S/C15H16BrClN2/c16-13-7-5-11(6-8-13)10-19-15(17)9-14(18-19)12-3-1-2-4-12/h5-9,12H,1-4,10H2. The summed E-state index contributed by atoms with van der Waals surface area (Å²) in [6.45, 7) is 0.735. The van der Waals surface area contributed by atoms with Crippen LogP contribution >= 0.6 is 27.5 Å². The van der Waals surface area contributed by atoms with Crippen molar-refractivity contribution in [3.05, 3.63) is 51.2 Å². The molecule has 1 fully saturated rings. The van der Waals surface area contributed by atoms with E-state index < -0.39 is 0 Å². The van der Waals surface area contributed by atoms with Crippen LogP contribution in [0.3, 0.4) is 0 Å². The summed E-state index contributed by atoms with van der Waals surface area (Å²) < 4.78 is 2.99. The van der Waals surface area contributed by atoms with Crippen molar-refractivity contribution in [2.45, 2.75) is 38.1 Å². The molecule has 0 amide bonds. The Labute approximate surface area is 126 Å². The molecule has 100 valence electrons. The van der Waals surface area contributed by atoms with Gasteiger partial charge < -0.3 is 0 Å². The van der Waals surface area contributed by atoms with E-state index in [0.29, 0.717) is 5.92 Å². The molecular weight excluding hydrogens is 324 g/mol. The van der Waals surface area contributed by atoms with E-state index in [1.807, 2.05) is 22.9 Å². The van der Waals surface area contributed by atoms with Crippen molar-refractivity contribution in [1.82, 2.24) is 9.78 Å². The monoisotopic (exact) mass is 338 g/mol. The van der Waals surface area contributed by atoms with Crippen molar-refractivity contribution >= 4 is 27.5 Å². The number of benzene rings is 1. The Bertz CT molecular complexity index is 556. The largest absolute Gasteiger partial charge is 0.249 e. The third-order valence-electron chi connectivity index (χ3n) is 3.77. The summed E-state index contributed by atoms with van der Waals surface area (Å²) in [5.41, 5.74) is 2.38. The molecule has 0 saturated heterocycles. The van der Waals surface area contributed by atoms with Gasteiger partial charge in [-0.2, -0.15) is 5.10 Å². The Morgan fingerprint density at radius 3 is 2.58 bits per heavy atom. The maximum atomic E-state index is 6.30. The van der Waals surface area contributed by atoms with Crippen molar-refractivity contribution in [2.75, 3.05) is 0 Å². The van der Waals surface area contributed by atoms with Gasteiger partial charge in [0.25, 0.3) is 0 Å². The molecule has 1 heterocycles. The molecule has 0 unspecified atom stereocenters. The van der Waals surface area contributed by atoms with Gasteiger partial charge in [0.15, 0.2) is 0 Å². The van der Waals surface area contributed by atoms with E-state index in [0.717, 1.165) is 16.2 Å². The van der Waals surface area contributed by atoms with Gasteiger partial charge in [-0.1, -0.05) is 52.5 Å². The molecule has 0 spiro atoms. The molecule has 1 saturated carbocycles. The van der Waals surface area contributed by atoms with Crippen LogP contribution in [0.5, 0.6) is 0 Å². The molecule has 1 aromatic heterocycles. The van der Waals surface area contributed by atoms with Gasteiger partial charge in [-0.25, -0.2) is 4.68 Å². The van der Waals surface area contributed by atoms with E-state index in [1.165, 1.54) is 36.9 Å². The average Bonchev–Trinajstić information content (AvgIpc) is 3.03. The predicted octanol–water partition coefficient (Wildman–Crippen LogP) is 5.00. The lowest BCUT2D eigenvalue weighted by molar-refractivity contribution is 0.629. The summed E-state index contributed by atoms with van der Waals surface area (Å²) in [5, 5.41) is 5.42. The second-order valence-corrected chi connectivity index (χ2v) is 6.46. The molecule has 2 aromatic rings. The molecule has 0 bridgehead atoms. The average molecular weight is 340 g/mol. The molecule has 0 atom stereocenters. The van der Waals surface area contributed by atoms with E-state index in [-0.39, 0.29) is 0 Å². The number of rotatable bonds is 3. The molecule has 4 heteroatoms. The summed E-state index contributed by atoms with van der Waals surface area (Å²) in [7, 11) is 0. The molecule has 1 aromatic carbocycles. The predicted molar refractivity (Wildman–Crippen MR) is 81.7 cm³/mol. The molecule has 0 N–H and O–H groups in total. The quantitative estimate of drug-likeness (QED) is 0.769. The van der Waals surface area contributed by atoms with Gasteiger partial charge in [0.1, 0.15) is 5.15 Å². The van der Waals surface area contributed by atoms with Crippen LogP contribution in [-0.4, -0.2) is 9.78 Å². The minimum absolute atomic E-state index is 0.615. The van der Waals surface area contributed by atoms with Gasteiger partial charge in [0.05, 0.1) is 12.2 Å². The van der Waals surface area contributed by atoms with Gasteiger partial charge in [-0.05, 0) is 36.6 Å². The first kappa shape index (κ1) is 13.2. The van der Waals surface area contributed by atoms with Gasteiger partial charge in [0, 0.05) is 10.4 Å². The third kappa shape index (κ3) is 3.03. The summed E-state index contributed by atoms with van der Waals surface area (Å²) in [5.74, 6) is 0.615. The van der Waals surface area contributed by atoms with E-state index in [4.69, 9.17) is 11.6 Å². The molecular formula is C15H16BrClN2. The highest BCUT2D eigenvalue weighted by Gasteiger charge is 2.20. The first-order chi connectivity index (χ1) is 9.22. The topological polar surface area (TPSA) is 17.8 Å². The second kappa shape index (κ2) is 5.68. The molecule has 19 heavy (non-hydrogen) atoms. The van der Waals surface area contributed by atoms with Crippen LogP contribution in [0.2, 0.25) is 5.15 Å². The highest BCUT2D eigenvalue weighted by molar-refractivity contribution is 9.10. The van der Waals surface area contributed by atoms with Crippen LogP contribution in [0.1, 0.15) is 42.9 Å². The molecule has 2 nitrogen and oxygen atoms in total. The highest BCUT2D eigenvalue weighted by atomic mass is 79.9. The van der Waals surface area contributed by atoms with Crippen LogP contribution in [0.25, 0.3) is 0 Å². The van der Waals surface area contributed by atoms with Crippen molar-refractivity contribution in [3.8, 4) is 0 Å². The first-order valence-electron chi connectivity index (χ1n) is 6.70. The van der Waals surface area contributed by atoms with Crippen LogP contribution in [-0.2, 0) is 6.54 Å². The number of hydrogen-bond acceptors (Lipinski definition) is 1. The zero-order valence-electron chi connectivity index (χ0n) is 10.6. The van der Waals surface area contributed by atoms with E-state index >= 15 is 0 Å². The Balaban J connectivity index is 1.79. The van der Waals surface area contributed by atoms with E-state index in [2.05, 4.69) is 33.2 Å². The summed E-state index contributed by atoms with van der Waals surface area (Å²) in [4.78, 5) is 0. The van der Waals surface area contributed by atoms with Crippen LogP contribution in [0.4, 0.5) is 0 Å². The fourth-order valence-electron chi connectivity index (χ4n) is 2.71. The Morgan fingerprint density at radius 1 is 1.21 bits per heavy atom. The lowest BCUT2D eigenvalue weighted by Crippen LogP contribution is -2.03. The Morgan fingerprint density at radius 2 is 1.89 bits per heavy atom. The van der Waals surface area contributed by atoms with Crippen molar-refractivity contribution in [3.63, 3.8) is 0 Å². The minimum Gasteiger partial charge on any atom is -0.249 e. The molecule has 3 rings (SSSR count). The minimum atomic E-state index is 0.615. The summed E-state index contributed by atoms with van der Waals surface area (Å²) >= 11 is 9.74. The van der Waals surface area contributed by atoms with Gasteiger partial charge in [0.2, 0.25) is 0 Å². The Kier molecular flexibility index (Phi) is 3.94. The van der Waals surface area contributed by atoms with Gasteiger partial charge in [-0.3, -0.25) is 0 Å². The van der Waals surface area contributed by atoms with Crippen molar-refractivity contribution < 1.29 is 0 Å². The maximum absolute atomic E-state index is 6.30. The smallest absolute Gasteiger partial charge is 0.127 e.